The lowest BCUT2D eigenvalue weighted by atomic mass is 9.85. The maximum Gasteiger partial charge on any atom is 0.407 e. The third-order valence-electron chi connectivity index (χ3n) is 6.79. The van der Waals surface area contributed by atoms with Crippen LogP contribution in [0.3, 0.4) is 0 Å². The van der Waals surface area contributed by atoms with E-state index in [1.807, 2.05) is 24.3 Å². The van der Waals surface area contributed by atoms with Crippen molar-refractivity contribution in [3.05, 3.63) is 59.7 Å². The van der Waals surface area contributed by atoms with Crippen molar-refractivity contribution in [1.82, 2.24) is 10.6 Å². The fraction of sp³-hybridized carbons (Fsp3) is 0.423. The molecule has 2 aromatic rings. The van der Waals surface area contributed by atoms with Gasteiger partial charge in [-0.25, -0.2) is 4.79 Å². The first kappa shape index (κ1) is 23.8. The summed E-state index contributed by atoms with van der Waals surface area (Å²) in [6, 6.07) is 15.4. The molecular formula is C26H30N2O6. The predicted octanol–water partition coefficient (Wildman–Crippen LogP) is 3.30. The van der Waals surface area contributed by atoms with Gasteiger partial charge in [-0.15, -0.1) is 0 Å². The smallest absolute Gasteiger partial charge is 0.407 e. The number of fused-ring (bicyclic) bond motifs is 3. The molecule has 3 atom stereocenters. The Bertz CT molecular complexity index is 1040. The van der Waals surface area contributed by atoms with Crippen LogP contribution in [0.1, 0.15) is 43.7 Å². The Balaban J connectivity index is 1.24. The van der Waals surface area contributed by atoms with Gasteiger partial charge in [0.15, 0.2) is 0 Å². The lowest BCUT2D eigenvalue weighted by Crippen LogP contribution is -2.49. The topological polar surface area (TPSA) is 114 Å². The standard InChI is InChI=1S/C26H30N2O6/c1-16(11-12-23(29)28-22-14-33-15-26(22,2)24(30)31)27-25(32)34-13-21-19-9-5-3-7-17(19)18-8-4-6-10-20(18)21/h3-10,16,21-22H,11-15H2,1-2H3,(H,27,32)(H,28,29)(H,30,31). The molecule has 2 amide bonds. The second kappa shape index (κ2) is 9.85. The Labute approximate surface area is 198 Å². The molecule has 1 fully saturated rings. The molecule has 4 rings (SSSR count). The Morgan fingerprint density at radius 3 is 2.35 bits per heavy atom. The Morgan fingerprint density at radius 2 is 1.74 bits per heavy atom. The third kappa shape index (κ3) is 4.77. The summed E-state index contributed by atoms with van der Waals surface area (Å²) in [7, 11) is 0. The Kier molecular flexibility index (Phi) is 6.88. The monoisotopic (exact) mass is 466 g/mol. The highest BCUT2D eigenvalue weighted by atomic mass is 16.5. The molecule has 2 aliphatic rings. The molecular weight excluding hydrogens is 436 g/mol. The first-order valence-corrected chi connectivity index (χ1v) is 11.5. The molecule has 0 saturated carbocycles. The van der Waals surface area contributed by atoms with E-state index in [0.717, 1.165) is 22.3 Å². The second-order valence-electron chi connectivity index (χ2n) is 9.27. The first-order valence-electron chi connectivity index (χ1n) is 11.5. The summed E-state index contributed by atoms with van der Waals surface area (Å²) in [6.07, 6.45) is 0.0159. The largest absolute Gasteiger partial charge is 0.481 e. The number of nitrogens with one attached hydrogen (secondary N) is 2. The van der Waals surface area contributed by atoms with Crippen molar-refractivity contribution < 1.29 is 29.0 Å². The highest BCUT2D eigenvalue weighted by Gasteiger charge is 2.47. The van der Waals surface area contributed by atoms with Crippen LogP contribution in [0.4, 0.5) is 4.79 Å². The van der Waals surface area contributed by atoms with Crippen LogP contribution >= 0.6 is 0 Å². The van der Waals surface area contributed by atoms with Crippen molar-refractivity contribution in [1.29, 1.82) is 0 Å². The van der Waals surface area contributed by atoms with E-state index in [4.69, 9.17) is 9.47 Å². The lowest BCUT2D eigenvalue weighted by molar-refractivity contribution is -0.149. The summed E-state index contributed by atoms with van der Waals surface area (Å²) in [5.41, 5.74) is 3.48. The van der Waals surface area contributed by atoms with Crippen LogP contribution in [0, 0.1) is 5.41 Å². The summed E-state index contributed by atoms with van der Waals surface area (Å²) >= 11 is 0. The van der Waals surface area contributed by atoms with Gasteiger partial charge in [0.2, 0.25) is 5.91 Å². The molecule has 8 heteroatoms. The maximum atomic E-state index is 12.4. The summed E-state index contributed by atoms with van der Waals surface area (Å²) in [4.78, 5) is 36.2. The average molecular weight is 467 g/mol. The van der Waals surface area contributed by atoms with Gasteiger partial charge in [-0.1, -0.05) is 48.5 Å². The highest BCUT2D eigenvalue weighted by Crippen LogP contribution is 2.44. The van der Waals surface area contributed by atoms with Crippen LogP contribution in [-0.4, -0.2) is 55.0 Å². The summed E-state index contributed by atoms with van der Waals surface area (Å²) in [6.45, 7) is 3.82. The van der Waals surface area contributed by atoms with E-state index in [1.165, 1.54) is 0 Å². The minimum atomic E-state index is -1.14. The normalized spacial score (nSPS) is 21.9. The molecule has 180 valence electrons. The molecule has 3 unspecified atom stereocenters. The van der Waals surface area contributed by atoms with Crippen molar-refractivity contribution in [2.24, 2.45) is 5.41 Å². The van der Waals surface area contributed by atoms with Crippen LogP contribution in [0.25, 0.3) is 11.1 Å². The van der Waals surface area contributed by atoms with Crippen LogP contribution in [0.15, 0.2) is 48.5 Å². The van der Waals surface area contributed by atoms with E-state index in [2.05, 4.69) is 34.9 Å². The average Bonchev–Trinajstić information content (AvgIpc) is 3.35. The molecule has 0 aromatic heterocycles. The minimum Gasteiger partial charge on any atom is -0.481 e. The van der Waals surface area contributed by atoms with Crippen molar-refractivity contribution in [3.8, 4) is 11.1 Å². The Hall–Kier alpha value is -3.39. The van der Waals surface area contributed by atoms with Crippen molar-refractivity contribution in [2.75, 3.05) is 19.8 Å². The van der Waals surface area contributed by atoms with Crippen LogP contribution < -0.4 is 10.6 Å². The number of hydrogen-bond donors (Lipinski definition) is 3. The minimum absolute atomic E-state index is 0.0172. The predicted molar refractivity (Wildman–Crippen MR) is 125 cm³/mol. The third-order valence-corrected chi connectivity index (χ3v) is 6.79. The van der Waals surface area contributed by atoms with Gasteiger partial charge in [0.1, 0.15) is 12.0 Å². The number of carbonyl (C=O) groups is 3. The van der Waals surface area contributed by atoms with Gasteiger partial charge in [-0.05, 0) is 42.5 Å². The van der Waals surface area contributed by atoms with Crippen molar-refractivity contribution in [2.45, 2.75) is 44.7 Å². The lowest BCUT2D eigenvalue weighted by Gasteiger charge is -2.25. The molecule has 1 aliphatic heterocycles. The van der Waals surface area contributed by atoms with Gasteiger partial charge < -0.3 is 25.2 Å². The van der Waals surface area contributed by atoms with Gasteiger partial charge in [0.05, 0.1) is 19.3 Å². The van der Waals surface area contributed by atoms with Gasteiger partial charge in [0.25, 0.3) is 0 Å². The van der Waals surface area contributed by atoms with E-state index in [0.29, 0.717) is 6.42 Å². The van der Waals surface area contributed by atoms with E-state index in [-0.39, 0.29) is 44.1 Å². The molecule has 1 aliphatic carbocycles. The number of carbonyl (C=O) groups excluding carboxylic acids is 2. The van der Waals surface area contributed by atoms with E-state index >= 15 is 0 Å². The first-order chi connectivity index (χ1) is 16.3. The number of alkyl carbamates (subject to hydrolysis) is 1. The fourth-order valence-electron chi connectivity index (χ4n) is 4.61. The van der Waals surface area contributed by atoms with Crippen molar-refractivity contribution in [3.63, 3.8) is 0 Å². The molecule has 0 spiro atoms. The number of hydrogen-bond acceptors (Lipinski definition) is 5. The van der Waals surface area contributed by atoms with Crippen LogP contribution in [-0.2, 0) is 19.1 Å². The zero-order valence-electron chi connectivity index (χ0n) is 19.4. The van der Waals surface area contributed by atoms with E-state index in [1.54, 1.807) is 13.8 Å². The highest BCUT2D eigenvalue weighted by molar-refractivity contribution is 5.81. The molecule has 2 aromatic carbocycles. The van der Waals surface area contributed by atoms with Crippen molar-refractivity contribution >= 4 is 18.0 Å². The number of carboxylic acids is 1. The SMILES string of the molecule is CC(CCC(=O)NC1COCC1(C)C(=O)O)NC(=O)OCC1c2ccccc2-c2ccccc21. The van der Waals surface area contributed by atoms with E-state index in [9.17, 15) is 19.5 Å². The fourth-order valence-corrected chi connectivity index (χ4v) is 4.61. The molecule has 8 nitrogen and oxygen atoms in total. The molecule has 0 bridgehead atoms. The molecule has 34 heavy (non-hydrogen) atoms. The summed E-state index contributed by atoms with van der Waals surface area (Å²) in [5.74, 6) is -1.29. The zero-order chi connectivity index (χ0) is 24.3. The van der Waals surface area contributed by atoms with Gasteiger partial charge >= 0.3 is 12.1 Å². The van der Waals surface area contributed by atoms with Gasteiger partial charge in [-0.3, -0.25) is 9.59 Å². The number of aliphatic carboxylic acids is 1. The molecule has 1 heterocycles. The maximum absolute atomic E-state index is 12.4. The summed E-state index contributed by atoms with van der Waals surface area (Å²) < 4.78 is 10.8. The van der Waals surface area contributed by atoms with E-state index < -0.39 is 23.5 Å². The number of benzene rings is 2. The van der Waals surface area contributed by atoms with Crippen LogP contribution in [0.5, 0.6) is 0 Å². The number of rotatable bonds is 8. The zero-order valence-corrected chi connectivity index (χ0v) is 19.4. The number of amides is 2. The van der Waals surface area contributed by atoms with Crippen LogP contribution in [0.2, 0.25) is 0 Å². The molecule has 0 radical (unpaired) electrons. The number of ether oxygens (including phenoxy) is 2. The molecule has 3 N–H and O–H groups in total. The second-order valence-corrected chi connectivity index (χ2v) is 9.27. The quantitative estimate of drug-likeness (QED) is 0.550. The Morgan fingerprint density at radius 1 is 1.12 bits per heavy atom. The number of carboxylic acid groups (broad SMARTS) is 1. The van der Waals surface area contributed by atoms with Gasteiger partial charge in [0, 0.05) is 18.4 Å². The molecule has 1 saturated heterocycles. The summed E-state index contributed by atoms with van der Waals surface area (Å²) in [5, 5.41) is 14.9. The van der Waals surface area contributed by atoms with Gasteiger partial charge in [-0.2, -0.15) is 0 Å².